The molecule has 0 fully saturated rings. The molecule has 1 aromatic carbocycles. The zero-order valence-electron chi connectivity index (χ0n) is 12.1. The van der Waals surface area contributed by atoms with Gasteiger partial charge in [0.15, 0.2) is 5.78 Å². The molecule has 108 valence electrons. The molecule has 0 radical (unpaired) electrons. The number of H-pyrrole nitrogens is 1. The number of nitrogens with one attached hydrogen (secondary N) is 2. The average molecular weight is 282 g/mol. The zero-order chi connectivity index (χ0) is 14.8. The van der Waals surface area contributed by atoms with Crippen molar-refractivity contribution in [1.82, 2.24) is 10.3 Å². The molecule has 21 heavy (non-hydrogen) atoms. The molecule has 0 saturated heterocycles. The van der Waals surface area contributed by atoms with E-state index >= 15 is 0 Å². The molecular weight excluding hydrogens is 264 g/mol. The Bertz CT molecular complexity index is 743. The lowest BCUT2D eigenvalue weighted by Crippen LogP contribution is -2.35. The molecule has 2 atom stereocenters. The van der Waals surface area contributed by atoms with Gasteiger partial charge in [0.05, 0.1) is 18.3 Å². The van der Waals surface area contributed by atoms with Crippen molar-refractivity contribution in [2.75, 3.05) is 0 Å². The van der Waals surface area contributed by atoms with Crippen LogP contribution in [0.5, 0.6) is 0 Å². The number of para-hydroxylation sites is 1. The third kappa shape index (κ3) is 2.62. The Morgan fingerprint density at radius 2 is 2.00 bits per heavy atom. The minimum absolute atomic E-state index is 0.0100. The van der Waals surface area contributed by atoms with E-state index in [1.165, 1.54) is 0 Å². The van der Waals surface area contributed by atoms with E-state index in [9.17, 15) is 4.79 Å². The summed E-state index contributed by atoms with van der Waals surface area (Å²) in [5.41, 5.74) is 1.70. The Morgan fingerprint density at radius 3 is 2.76 bits per heavy atom. The number of carbonyl (C=O) groups excluding carboxylic acids is 1. The highest BCUT2D eigenvalue weighted by molar-refractivity contribution is 6.10. The van der Waals surface area contributed by atoms with Gasteiger partial charge in [0.2, 0.25) is 0 Å². The van der Waals surface area contributed by atoms with Gasteiger partial charge in [0.1, 0.15) is 5.76 Å². The van der Waals surface area contributed by atoms with Crippen LogP contribution in [0.25, 0.3) is 10.9 Å². The molecule has 2 aromatic heterocycles. The Kier molecular flexibility index (Phi) is 3.62. The quantitative estimate of drug-likeness (QED) is 0.702. The minimum atomic E-state index is -0.288. The molecule has 3 aromatic rings. The van der Waals surface area contributed by atoms with E-state index in [0.29, 0.717) is 0 Å². The van der Waals surface area contributed by atoms with Gasteiger partial charge >= 0.3 is 0 Å². The lowest BCUT2D eigenvalue weighted by molar-refractivity contribution is 0.0945. The van der Waals surface area contributed by atoms with Gasteiger partial charge < -0.3 is 9.40 Å². The molecular formula is C17H18N2O2. The van der Waals surface area contributed by atoms with Crippen LogP contribution in [0.3, 0.4) is 0 Å². The summed E-state index contributed by atoms with van der Waals surface area (Å²) in [5.74, 6) is 0.902. The van der Waals surface area contributed by atoms with Crippen LogP contribution in [0.15, 0.2) is 53.3 Å². The van der Waals surface area contributed by atoms with E-state index < -0.39 is 0 Å². The first-order valence-corrected chi connectivity index (χ1v) is 7.06. The van der Waals surface area contributed by atoms with Crippen LogP contribution >= 0.6 is 0 Å². The predicted molar refractivity (Wildman–Crippen MR) is 82.3 cm³/mol. The number of aromatic amines is 1. The summed E-state index contributed by atoms with van der Waals surface area (Å²) in [5, 5.41) is 4.24. The fraction of sp³-hybridized carbons (Fsp3) is 0.235. The number of aromatic nitrogens is 1. The van der Waals surface area contributed by atoms with E-state index in [4.69, 9.17) is 4.42 Å². The number of ketones is 1. The SMILES string of the molecule is C[C@H](N[C@H](C)C(=O)c1c[nH]c2ccccc12)c1ccco1. The maximum Gasteiger partial charge on any atom is 0.181 e. The highest BCUT2D eigenvalue weighted by atomic mass is 16.3. The van der Waals surface area contributed by atoms with Crippen LogP contribution in [0.2, 0.25) is 0 Å². The molecule has 0 aliphatic rings. The number of carbonyl (C=O) groups is 1. The summed E-state index contributed by atoms with van der Waals surface area (Å²) in [6, 6.07) is 11.3. The van der Waals surface area contributed by atoms with Gasteiger partial charge in [-0.05, 0) is 32.0 Å². The van der Waals surface area contributed by atoms with Gasteiger partial charge in [-0.2, -0.15) is 0 Å². The van der Waals surface area contributed by atoms with E-state index in [1.807, 2.05) is 50.2 Å². The van der Waals surface area contributed by atoms with E-state index in [0.717, 1.165) is 22.2 Å². The Morgan fingerprint density at radius 1 is 1.19 bits per heavy atom. The number of fused-ring (bicyclic) bond motifs is 1. The molecule has 0 unspecified atom stereocenters. The third-order valence-electron chi connectivity index (χ3n) is 3.72. The fourth-order valence-corrected chi connectivity index (χ4v) is 2.58. The monoisotopic (exact) mass is 282 g/mol. The molecule has 0 aliphatic carbocycles. The Hall–Kier alpha value is -2.33. The standard InChI is InChI=1S/C17H18N2O2/c1-11(16-8-5-9-21-16)19-12(2)17(20)14-10-18-15-7-4-3-6-13(14)15/h3-12,18-19H,1-2H3/t11-,12+/m0/s1. The molecule has 0 amide bonds. The van der Waals surface area contributed by atoms with Gasteiger partial charge in [0, 0.05) is 22.7 Å². The number of furan rings is 1. The largest absolute Gasteiger partial charge is 0.468 e. The number of benzene rings is 1. The number of Topliss-reactive ketones (excluding diaryl/α,β-unsaturated/α-hetero) is 1. The van der Waals surface area contributed by atoms with Crippen LogP contribution in [0.4, 0.5) is 0 Å². The number of hydrogen-bond donors (Lipinski definition) is 2. The molecule has 2 N–H and O–H groups in total. The van der Waals surface area contributed by atoms with Crippen molar-refractivity contribution in [3.05, 3.63) is 60.2 Å². The van der Waals surface area contributed by atoms with E-state index in [-0.39, 0.29) is 17.9 Å². The van der Waals surface area contributed by atoms with Crippen molar-refractivity contribution in [3.63, 3.8) is 0 Å². The normalized spacial score (nSPS) is 14.2. The van der Waals surface area contributed by atoms with Crippen LogP contribution in [0, 0.1) is 0 Å². The van der Waals surface area contributed by atoms with Gasteiger partial charge in [-0.15, -0.1) is 0 Å². The Labute approximate surface area is 123 Å². The molecule has 2 heterocycles. The molecule has 0 spiro atoms. The first kappa shape index (κ1) is 13.6. The summed E-state index contributed by atoms with van der Waals surface area (Å²) in [6.07, 6.45) is 3.42. The fourth-order valence-electron chi connectivity index (χ4n) is 2.58. The first-order chi connectivity index (χ1) is 10.2. The van der Waals surface area contributed by atoms with Crippen molar-refractivity contribution in [2.45, 2.75) is 25.9 Å². The summed E-state index contributed by atoms with van der Waals surface area (Å²) < 4.78 is 5.36. The summed E-state index contributed by atoms with van der Waals surface area (Å²) >= 11 is 0. The molecule has 0 saturated carbocycles. The van der Waals surface area contributed by atoms with Crippen molar-refractivity contribution < 1.29 is 9.21 Å². The topological polar surface area (TPSA) is 58.0 Å². The van der Waals surface area contributed by atoms with Crippen molar-refractivity contribution in [3.8, 4) is 0 Å². The minimum Gasteiger partial charge on any atom is -0.468 e. The first-order valence-electron chi connectivity index (χ1n) is 7.06. The number of hydrogen-bond acceptors (Lipinski definition) is 3. The van der Waals surface area contributed by atoms with Crippen LogP contribution < -0.4 is 5.32 Å². The smallest absolute Gasteiger partial charge is 0.181 e. The molecule has 4 heteroatoms. The summed E-state index contributed by atoms with van der Waals surface area (Å²) in [4.78, 5) is 15.7. The van der Waals surface area contributed by atoms with Crippen LogP contribution in [-0.2, 0) is 0 Å². The second-order valence-corrected chi connectivity index (χ2v) is 5.24. The lowest BCUT2D eigenvalue weighted by atomic mass is 10.0. The third-order valence-corrected chi connectivity index (χ3v) is 3.72. The maximum absolute atomic E-state index is 12.6. The van der Waals surface area contributed by atoms with Gasteiger partial charge in [-0.3, -0.25) is 10.1 Å². The van der Waals surface area contributed by atoms with E-state index in [2.05, 4.69) is 10.3 Å². The van der Waals surface area contributed by atoms with Gasteiger partial charge in [-0.25, -0.2) is 0 Å². The highest BCUT2D eigenvalue weighted by Crippen LogP contribution is 2.20. The number of rotatable bonds is 5. The van der Waals surface area contributed by atoms with Gasteiger partial charge in [-0.1, -0.05) is 18.2 Å². The van der Waals surface area contributed by atoms with Gasteiger partial charge in [0.25, 0.3) is 0 Å². The Balaban J connectivity index is 1.78. The lowest BCUT2D eigenvalue weighted by Gasteiger charge is -2.17. The van der Waals surface area contributed by atoms with Crippen molar-refractivity contribution in [1.29, 1.82) is 0 Å². The maximum atomic E-state index is 12.6. The molecule has 4 nitrogen and oxygen atoms in total. The zero-order valence-corrected chi connectivity index (χ0v) is 12.1. The summed E-state index contributed by atoms with van der Waals surface area (Å²) in [6.45, 7) is 3.86. The predicted octanol–water partition coefficient (Wildman–Crippen LogP) is 3.68. The van der Waals surface area contributed by atoms with Crippen molar-refractivity contribution >= 4 is 16.7 Å². The molecule has 0 aliphatic heterocycles. The van der Waals surface area contributed by atoms with E-state index in [1.54, 1.807) is 12.5 Å². The second kappa shape index (κ2) is 5.58. The van der Waals surface area contributed by atoms with Crippen LogP contribution in [-0.4, -0.2) is 16.8 Å². The summed E-state index contributed by atoms with van der Waals surface area (Å²) in [7, 11) is 0. The van der Waals surface area contributed by atoms with Crippen molar-refractivity contribution in [2.24, 2.45) is 0 Å². The average Bonchev–Trinajstić information content (AvgIpc) is 3.15. The second-order valence-electron chi connectivity index (χ2n) is 5.24. The molecule has 0 bridgehead atoms. The highest BCUT2D eigenvalue weighted by Gasteiger charge is 2.21. The van der Waals surface area contributed by atoms with Crippen LogP contribution in [0.1, 0.15) is 36.0 Å². The molecule has 3 rings (SSSR count).